The SMILES string of the molecule is COc1cc(/C=C2\SC(=S)N(C)C2=O)cc(Br)c1OCc1ccccc1C. The van der Waals surface area contributed by atoms with Crippen LogP contribution in [-0.4, -0.2) is 29.3 Å². The Balaban J connectivity index is 1.87. The highest BCUT2D eigenvalue weighted by atomic mass is 79.9. The zero-order valence-corrected chi connectivity index (χ0v) is 18.3. The fourth-order valence-electron chi connectivity index (χ4n) is 2.58. The Bertz CT molecular complexity index is 943. The molecule has 2 aromatic carbocycles. The van der Waals surface area contributed by atoms with Crippen LogP contribution in [0, 0.1) is 6.92 Å². The molecular weight excluding hydrogens is 446 g/mol. The van der Waals surface area contributed by atoms with E-state index in [1.54, 1.807) is 20.2 Å². The zero-order valence-electron chi connectivity index (χ0n) is 15.1. The summed E-state index contributed by atoms with van der Waals surface area (Å²) in [5.41, 5.74) is 3.11. The first-order chi connectivity index (χ1) is 12.9. The van der Waals surface area contributed by atoms with Crippen LogP contribution in [0.25, 0.3) is 6.08 Å². The molecule has 1 aliphatic heterocycles. The summed E-state index contributed by atoms with van der Waals surface area (Å²) in [4.78, 5) is 14.3. The molecule has 7 heteroatoms. The third kappa shape index (κ3) is 4.36. The van der Waals surface area contributed by atoms with Gasteiger partial charge < -0.3 is 9.47 Å². The van der Waals surface area contributed by atoms with Crippen LogP contribution in [-0.2, 0) is 11.4 Å². The monoisotopic (exact) mass is 463 g/mol. The van der Waals surface area contributed by atoms with Crippen molar-refractivity contribution in [1.82, 2.24) is 4.90 Å². The van der Waals surface area contributed by atoms with Gasteiger partial charge in [0.1, 0.15) is 10.9 Å². The van der Waals surface area contributed by atoms with E-state index >= 15 is 0 Å². The minimum absolute atomic E-state index is 0.0973. The molecular formula is C20H18BrNO3S2. The smallest absolute Gasteiger partial charge is 0.265 e. The van der Waals surface area contributed by atoms with Gasteiger partial charge >= 0.3 is 0 Å². The number of thioether (sulfide) groups is 1. The molecule has 1 aliphatic rings. The fraction of sp³-hybridized carbons (Fsp3) is 0.200. The lowest BCUT2D eigenvalue weighted by molar-refractivity contribution is -0.121. The van der Waals surface area contributed by atoms with Crippen molar-refractivity contribution in [3.8, 4) is 11.5 Å². The number of nitrogens with zero attached hydrogens (tertiary/aromatic N) is 1. The predicted octanol–water partition coefficient (Wildman–Crippen LogP) is 5.18. The molecule has 1 fully saturated rings. The third-order valence-corrected chi connectivity index (χ3v) is 6.24. The number of aryl methyl sites for hydroxylation is 1. The summed E-state index contributed by atoms with van der Waals surface area (Å²) in [5, 5.41) is 0. The van der Waals surface area contributed by atoms with Crippen LogP contribution in [0.4, 0.5) is 0 Å². The second kappa shape index (κ2) is 8.46. The van der Waals surface area contributed by atoms with Crippen LogP contribution in [0.1, 0.15) is 16.7 Å². The lowest BCUT2D eigenvalue weighted by atomic mass is 10.1. The number of thiocarbonyl (C=S) groups is 1. The minimum Gasteiger partial charge on any atom is -0.493 e. The molecule has 1 amide bonds. The molecule has 2 aromatic rings. The van der Waals surface area contributed by atoms with Crippen molar-refractivity contribution < 1.29 is 14.3 Å². The van der Waals surface area contributed by atoms with Crippen molar-refractivity contribution in [2.75, 3.05) is 14.2 Å². The Morgan fingerprint density at radius 1 is 1.30 bits per heavy atom. The molecule has 1 heterocycles. The average molecular weight is 464 g/mol. The summed E-state index contributed by atoms with van der Waals surface area (Å²) in [5.74, 6) is 1.12. The van der Waals surface area contributed by atoms with Crippen LogP contribution in [0.5, 0.6) is 11.5 Å². The Morgan fingerprint density at radius 3 is 2.67 bits per heavy atom. The van der Waals surface area contributed by atoms with E-state index in [9.17, 15) is 4.79 Å². The highest BCUT2D eigenvalue weighted by molar-refractivity contribution is 9.10. The lowest BCUT2D eigenvalue weighted by Gasteiger charge is -2.14. The molecule has 140 valence electrons. The number of amides is 1. The highest BCUT2D eigenvalue weighted by Crippen LogP contribution is 2.39. The molecule has 0 spiro atoms. The van der Waals surface area contributed by atoms with Crippen molar-refractivity contribution in [3.63, 3.8) is 0 Å². The van der Waals surface area contributed by atoms with E-state index in [4.69, 9.17) is 21.7 Å². The summed E-state index contributed by atoms with van der Waals surface area (Å²) in [7, 11) is 3.27. The summed E-state index contributed by atoms with van der Waals surface area (Å²) in [6.07, 6.45) is 1.81. The number of carbonyl (C=O) groups is 1. The predicted molar refractivity (Wildman–Crippen MR) is 117 cm³/mol. The van der Waals surface area contributed by atoms with Crippen molar-refractivity contribution in [2.45, 2.75) is 13.5 Å². The molecule has 0 atom stereocenters. The minimum atomic E-state index is -0.0973. The van der Waals surface area contributed by atoms with Gasteiger partial charge in [0.15, 0.2) is 11.5 Å². The van der Waals surface area contributed by atoms with Gasteiger partial charge in [0, 0.05) is 7.05 Å². The van der Waals surface area contributed by atoms with Crippen molar-refractivity contribution >= 4 is 56.2 Å². The van der Waals surface area contributed by atoms with Gasteiger partial charge in [-0.1, -0.05) is 48.2 Å². The van der Waals surface area contributed by atoms with Crippen LogP contribution in [0.2, 0.25) is 0 Å². The van der Waals surface area contributed by atoms with Crippen LogP contribution < -0.4 is 9.47 Å². The van der Waals surface area contributed by atoms with Gasteiger partial charge in [0.2, 0.25) is 0 Å². The summed E-state index contributed by atoms with van der Waals surface area (Å²) >= 11 is 10.0. The van der Waals surface area contributed by atoms with E-state index in [2.05, 4.69) is 28.9 Å². The van der Waals surface area contributed by atoms with Gasteiger partial charge in [0.05, 0.1) is 16.5 Å². The van der Waals surface area contributed by atoms with Gasteiger partial charge in [-0.15, -0.1) is 0 Å². The Labute approximate surface area is 176 Å². The van der Waals surface area contributed by atoms with Crippen molar-refractivity contribution in [3.05, 3.63) is 62.5 Å². The molecule has 0 radical (unpaired) electrons. The summed E-state index contributed by atoms with van der Waals surface area (Å²) < 4.78 is 12.8. The van der Waals surface area contributed by atoms with Gasteiger partial charge in [0.25, 0.3) is 5.91 Å². The maximum absolute atomic E-state index is 12.2. The molecule has 0 N–H and O–H groups in total. The number of hydrogen-bond acceptors (Lipinski definition) is 5. The molecule has 0 bridgehead atoms. The number of rotatable bonds is 5. The first-order valence-corrected chi connectivity index (χ1v) is 10.2. The second-order valence-electron chi connectivity index (χ2n) is 5.99. The quantitative estimate of drug-likeness (QED) is 0.451. The number of likely N-dealkylation sites (N-methyl/N-ethyl adjacent to an activating group) is 1. The van der Waals surface area contributed by atoms with E-state index in [1.165, 1.54) is 22.2 Å². The van der Waals surface area contributed by atoms with Gasteiger partial charge in [-0.2, -0.15) is 0 Å². The second-order valence-corrected chi connectivity index (χ2v) is 8.52. The molecule has 4 nitrogen and oxygen atoms in total. The molecule has 3 rings (SSSR count). The summed E-state index contributed by atoms with van der Waals surface area (Å²) in [6.45, 7) is 2.49. The molecule has 0 unspecified atom stereocenters. The topological polar surface area (TPSA) is 38.8 Å². The van der Waals surface area contributed by atoms with Gasteiger partial charge in [-0.3, -0.25) is 9.69 Å². The van der Waals surface area contributed by atoms with Crippen LogP contribution in [0.15, 0.2) is 45.8 Å². The fourth-order valence-corrected chi connectivity index (χ4v) is 4.34. The summed E-state index contributed by atoms with van der Waals surface area (Å²) in [6, 6.07) is 11.8. The Morgan fingerprint density at radius 2 is 2.04 bits per heavy atom. The first kappa shape index (κ1) is 19.9. The number of methoxy groups -OCH3 is 1. The standard InChI is InChI=1S/C20H18BrNO3S2/c1-12-6-4-5-7-14(12)11-25-18-15(21)8-13(9-16(18)24-3)10-17-19(23)22(2)20(26)27-17/h4-10H,11H2,1-3H3/b17-10-. The highest BCUT2D eigenvalue weighted by Gasteiger charge is 2.28. The normalized spacial score (nSPS) is 15.6. The largest absolute Gasteiger partial charge is 0.493 e. The molecule has 0 saturated carbocycles. The molecule has 1 saturated heterocycles. The number of carbonyl (C=O) groups excluding carboxylic acids is 1. The van der Waals surface area contributed by atoms with Crippen LogP contribution in [0.3, 0.4) is 0 Å². The van der Waals surface area contributed by atoms with E-state index < -0.39 is 0 Å². The van der Waals surface area contributed by atoms with Crippen LogP contribution >= 0.6 is 39.9 Å². The number of benzene rings is 2. The average Bonchev–Trinajstić information content (AvgIpc) is 2.88. The maximum atomic E-state index is 12.2. The molecule has 0 aliphatic carbocycles. The van der Waals surface area contributed by atoms with Gasteiger partial charge in [-0.05, 0) is 57.8 Å². The van der Waals surface area contributed by atoms with E-state index in [0.717, 1.165) is 15.6 Å². The van der Waals surface area contributed by atoms with Crippen molar-refractivity contribution in [2.24, 2.45) is 0 Å². The first-order valence-electron chi connectivity index (χ1n) is 8.17. The van der Waals surface area contributed by atoms with E-state index in [-0.39, 0.29) is 5.91 Å². The van der Waals surface area contributed by atoms with E-state index in [0.29, 0.717) is 27.3 Å². The number of hydrogen-bond donors (Lipinski definition) is 0. The number of halogens is 1. The molecule has 0 aromatic heterocycles. The van der Waals surface area contributed by atoms with Crippen molar-refractivity contribution in [1.29, 1.82) is 0 Å². The van der Waals surface area contributed by atoms with Gasteiger partial charge in [-0.25, -0.2) is 0 Å². The molecule has 27 heavy (non-hydrogen) atoms. The van der Waals surface area contributed by atoms with E-state index in [1.807, 2.05) is 30.3 Å². The maximum Gasteiger partial charge on any atom is 0.265 e. The third-order valence-electron chi connectivity index (χ3n) is 4.17. The number of ether oxygens (including phenoxy) is 2. The Hall–Kier alpha value is -1.83. The lowest BCUT2D eigenvalue weighted by Crippen LogP contribution is -2.22. The Kier molecular flexibility index (Phi) is 6.24. The zero-order chi connectivity index (χ0) is 19.6.